The van der Waals surface area contributed by atoms with E-state index in [0.29, 0.717) is 0 Å². The lowest BCUT2D eigenvalue weighted by Crippen LogP contribution is -2.46. The highest BCUT2D eigenvalue weighted by molar-refractivity contribution is 7.10. The molecular weight excluding hydrogens is 306 g/mol. The van der Waals surface area contributed by atoms with Gasteiger partial charge in [-0.2, -0.15) is 11.3 Å². The third-order valence-corrected chi connectivity index (χ3v) is 4.56. The van der Waals surface area contributed by atoms with E-state index in [9.17, 15) is 9.59 Å². The van der Waals surface area contributed by atoms with E-state index in [-0.39, 0.29) is 11.9 Å². The maximum Gasteiger partial charge on any atom is 0.303 e. The Morgan fingerprint density at radius 3 is 2.57 bits per heavy atom. The topological polar surface area (TPSA) is 55.4 Å². The second kappa shape index (κ2) is 6.41. The Morgan fingerprint density at radius 1 is 1.29 bits per heavy atom. The predicted octanol–water partition coefficient (Wildman–Crippen LogP) is 3.36. The van der Waals surface area contributed by atoms with Crippen molar-refractivity contribution in [2.75, 3.05) is 0 Å². The van der Waals surface area contributed by atoms with Crippen LogP contribution in [0.5, 0.6) is 0 Å². The highest BCUT2D eigenvalue weighted by Crippen LogP contribution is 2.28. The molecular formula is C15H17NO3S2. The van der Waals surface area contributed by atoms with Crippen molar-refractivity contribution in [1.29, 1.82) is 0 Å². The lowest BCUT2D eigenvalue weighted by Gasteiger charge is -2.26. The van der Waals surface area contributed by atoms with Crippen molar-refractivity contribution in [2.24, 2.45) is 0 Å². The summed E-state index contributed by atoms with van der Waals surface area (Å²) in [5.74, 6) is -0.791. The van der Waals surface area contributed by atoms with Crippen molar-refractivity contribution in [3.63, 3.8) is 0 Å². The first-order valence-electron chi connectivity index (χ1n) is 6.46. The van der Waals surface area contributed by atoms with Gasteiger partial charge in [0.05, 0.1) is 6.04 Å². The fourth-order valence-electron chi connectivity index (χ4n) is 1.92. The third kappa shape index (κ3) is 3.92. The minimum Gasteiger partial charge on any atom is -0.450 e. The van der Waals surface area contributed by atoms with Crippen molar-refractivity contribution in [3.05, 3.63) is 44.8 Å². The van der Waals surface area contributed by atoms with Gasteiger partial charge in [0, 0.05) is 11.8 Å². The lowest BCUT2D eigenvalue weighted by atomic mass is 10.1. The van der Waals surface area contributed by atoms with Crippen LogP contribution >= 0.6 is 22.7 Å². The van der Waals surface area contributed by atoms with Gasteiger partial charge < -0.3 is 10.1 Å². The molecule has 2 rings (SSSR count). The van der Waals surface area contributed by atoms with E-state index >= 15 is 0 Å². The number of ether oxygens (including phenoxy) is 1. The molecule has 0 aliphatic heterocycles. The number of nitrogens with one attached hydrogen (secondary N) is 1. The summed E-state index contributed by atoms with van der Waals surface area (Å²) in [6, 6.07) is 5.68. The van der Waals surface area contributed by atoms with Crippen LogP contribution in [-0.2, 0) is 14.3 Å². The molecule has 0 unspecified atom stereocenters. The lowest BCUT2D eigenvalue weighted by molar-refractivity contribution is -0.163. The quantitative estimate of drug-likeness (QED) is 0.859. The van der Waals surface area contributed by atoms with Gasteiger partial charge in [-0.25, -0.2) is 0 Å². The molecule has 0 saturated heterocycles. The second-order valence-corrected chi connectivity index (χ2v) is 6.84. The summed E-state index contributed by atoms with van der Waals surface area (Å²) in [6.45, 7) is 4.47. The Balaban J connectivity index is 2.20. The van der Waals surface area contributed by atoms with Crippen molar-refractivity contribution >= 4 is 34.6 Å². The van der Waals surface area contributed by atoms with E-state index < -0.39 is 11.6 Å². The van der Waals surface area contributed by atoms with Crippen LogP contribution in [0.4, 0.5) is 0 Å². The molecule has 1 atom stereocenters. The zero-order valence-electron chi connectivity index (χ0n) is 12.1. The predicted molar refractivity (Wildman–Crippen MR) is 84.5 cm³/mol. The van der Waals surface area contributed by atoms with Crippen molar-refractivity contribution in [3.8, 4) is 0 Å². The molecule has 4 nitrogen and oxygen atoms in total. The van der Waals surface area contributed by atoms with Gasteiger partial charge >= 0.3 is 5.97 Å². The molecule has 2 heterocycles. The van der Waals surface area contributed by atoms with E-state index in [2.05, 4.69) is 5.32 Å². The highest BCUT2D eigenvalue weighted by Gasteiger charge is 2.33. The molecule has 6 heteroatoms. The summed E-state index contributed by atoms with van der Waals surface area (Å²) in [4.78, 5) is 24.6. The van der Waals surface area contributed by atoms with Crippen LogP contribution in [0.3, 0.4) is 0 Å². The van der Waals surface area contributed by atoms with Crippen LogP contribution < -0.4 is 5.32 Å². The van der Waals surface area contributed by atoms with E-state index in [1.165, 1.54) is 6.92 Å². The molecule has 21 heavy (non-hydrogen) atoms. The minimum absolute atomic E-state index is 0.224. The van der Waals surface area contributed by atoms with E-state index in [4.69, 9.17) is 4.74 Å². The molecule has 0 radical (unpaired) electrons. The number of thiophene rings is 2. The molecule has 0 bridgehead atoms. The monoisotopic (exact) mass is 323 g/mol. The van der Waals surface area contributed by atoms with Gasteiger partial charge in [0.2, 0.25) is 0 Å². The average molecular weight is 323 g/mol. The summed E-state index contributed by atoms with van der Waals surface area (Å²) < 4.78 is 5.09. The largest absolute Gasteiger partial charge is 0.450 e. The molecule has 2 aromatic rings. The number of amides is 1. The average Bonchev–Trinajstić information content (AvgIpc) is 3.07. The van der Waals surface area contributed by atoms with Gasteiger partial charge in [0.15, 0.2) is 5.60 Å². The molecule has 0 spiro atoms. The van der Waals surface area contributed by atoms with Gasteiger partial charge in [0.25, 0.3) is 5.91 Å². The molecule has 0 aliphatic carbocycles. The minimum atomic E-state index is -1.20. The van der Waals surface area contributed by atoms with Crippen LogP contribution in [-0.4, -0.2) is 17.5 Å². The van der Waals surface area contributed by atoms with Gasteiger partial charge in [-0.3, -0.25) is 9.59 Å². The smallest absolute Gasteiger partial charge is 0.303 e. The van der Waals surface area contributed by atoms with Crippen molar-refractivity contribution < 1.29 is 14.3 Å². The Kier molecular flexibility index (Phi) is 4.80. The Labute approximate surface area is 131 Å². The van der Waals surface area contributed by atoms with Gasteiger partial charge in [-0.1, -0.05) is 6.07 Å². The van der Waals surface area contributed by atoms with Crippen LogP contribution in [0.1, 0.15) is 37.3 Å². The normalized spacial score (nSPS) is 12.7. The van der Waals surface area contributed by atoms with Gasteiger partial charge in [-0.15, -0.1) is 11.3 Å². The van der Waals surface area contributed by atoms with Gasteiger partial charge in [-0.05, 0) is 47.7 Å². The van der Waals surface area contributed by atoms with Crippen molar-refractivity contribution in [1.82, 2.24) is 5.32 Å². The zero-order valence-corrected chi connectivity index (χ0v) is 13.7. The maximum absolute atomic E-state index is 12.4. The number of hydrogen-bond donors (Lipinski definition) is 1. The summed E-state index contributed by atoms with van der Waals surface area (Å²) in [5.41, 5.74) is -0.174. The highest BCUT2D eigenvalue weighted by atomic mass is 32.1. The van der Waals surface area contributed by atoms with Gasteiger partial charge in [0.1, 0.15) is 0 Å². The number of esters is 1. The van der Waals surface area contributed by atoms with E-state index in [1.54, 1.807) is 36.5 Å². The van der Waals surface area contributed by atoms with Crippen LogP contribution in [0.2, 0.25) is 0 Å². The number of carbonyl (C=O) groups is 2. The Bertz CT molecular complexity index is 569. The molecule has 0 fully saturated rings. The first kappa shape index (κ1) is 15.7. The van der Waals surface area contributed by atoms with E-state index in [1.807, 2.05) is 34.3 Å². The summed E-state index contributed by atoms with van der Waals surface area (Å²) >= 11 is 3.16. The number of carbonyl (C=O) groups excluding carboxylic acids is 2. The third-order valence-electron chi connectivity index (χ3n) is 2.93. The molecule has 1 N–H and O–H groups in total. The Hall–Kier alpha value is -1.66. The van der Waals surface area contributed by atoms with Crippen LogP contribution in [0.25, 0.3) is 0 Å². The zero-order chi connectivity index (χ0) is 15.5. The molecule has 0 saturated carbocycles. The first-order valence-corrected chi connectivity index (χ1v) is 8.28. The Morgan fingerprint density at radius 2 is 2.05 bits per heavy atom. The summed E-state index contributed by atoms with van der Waals surface area (Å²) in [6.07, 6.45) is 0. The summed E-state index contributed by atoms with van der Waals surface area (Å²) in [7, 11) is 0. The summed E-state index contributed by atoms with van der Waals surface area (Å²) in [5, 5.41) is 8.91. The second-order valence-electron chi connectivity index (χ2n) is 5.08. The van der Waals surface area contributed by atoms with Crippen LogP contribution in [0, 0.1) is 0 Å². The molecule has 1 amide bonds. The molecule has 0 aromatic carbocycles. The van der Waals surface area contributed by atoms with Crippen molar-refractivity contribution in [2.45, 2.75) is 32.4 Å². The van der Waals surface area contributed by atoms with E-state index in [0.717, 1.165) is 10.4 Å². The maximum atomic E-state index is 12.4. The van der Waals surface area contributed by atoms with Crippen LogP contribution in [0.15, 0.2) is 34.3 Å². The number of rotatable bonds is 5. The fourth-order valence-corrected chi connectivity index (χ4v) is 3.41. The first-order chi connectivity index (χ1) is 9.90. The number of hydrogen-bond acceptors (Lipinski definition) is 5. The standard InChI is InChI=1S/C15H17NO3S2/c1-10(17)19-15(2,3)14(18)16-13(11-6-8-20-9-11)12-5-4-7-21-12/h4-9,13H,1-3H3,(H,16,18)/t13-/m0/s1. The SMILES string of the molecule is CC(=O)OC(C)(C)C(=O)N[C@@H](c1ccsc1)c1cccs1. The molecule has 0 aliphatic rings. The molecule has 2 aromatic heterocycles. The molecule has 112 valence electrons. The fraction of sp³-hybridized carbons (Fsp3) is 0.333.